The van der Waals surface area contributed by atoms with Crippen LogP contribution >= 0.6 is 23.2 Å². The molecule has 10 heteroatoms. The predicted molar refractivity (Wildman–Crippen MR) is 107 cm³/mol. The van der Waals surface area contributed by atoms with Crippen LogP contribution in [0, 0.1) is 0 Å². The highest BCUT2D eigenvalue weighted by Crippen LogP contribution is 2.34. The van der Waals surface area contributed by atoms with Gasteiger partial charge in [-0.05, 0) is 42.3 Å². The number of halogens is 5. The lowest BCUT2D eigenvalue weighted by Gasteiger charge is -2.18. The lowest BCUT2D eigenvalue weighted by Crippen LogP contribution is -2.30. The summed E-state index contributed by atoms with van der Waals surface area (Å²) in [5, 5.41) is 4.01. The van der Waals surface area contributed by atoms with Crippen molar-refractivity contribution in [1.82, 2.24) is 0 Å². The summed E-state index contributed by atoms with van der Waals surface area (Å²) in [6, 6.07) is 9.27. The van der Waals surface area contributed by atoms with Gasteiger partial charge < -0.3 is 9.74 Å². The van der Waals surface area contributed by atoms with Crippen molar-refractivity contribution >= 4 is 46.5 Å². The molecule has 3 rings (SSSR count). The van der Waals surface area contributed by atoms with E-state index in [9.17, 15) is 22.8 Å². The minimum absolute atomic E-state index is 0.0326. The fraction of sp³-hybridized carbons (Fsp3) is 0.250. The number of rotatable bonds is 6. The van der Waals surface area contributed by atoms with E-state index >= 15 is 0 Å². The van der Waals surface area contributed by atoms with Gasteiger partial charge in [0.05, 0.1) is 17.8 Å². The maximum atomic E-state index is 13.0. The number of fused-ring (bicyclic) bond motifs is 1. The first kappa shape index (κ1) is 22.1. The summed E-state index contributed by atoms with van der Waals surface area (Å²) in [6.45, 7) is -0.128. The largest absolute Gasteiger partial charge is 0.416 e. The fourth-order valence-electron chi connectivity index (χ4n) is 2.91. The maximum Gasteiger partial charge on any atom is 0.416 e. The predicted octanol–water partition coefficient (Wildman–Crippen LogP) is 5.17. The quantitative estimate of drug-likeness (QED) is 0.340. The normalized spacial score (nSPS) is 14.9. The molecule has 0 bridgehead atoms. The van der Waals surface area contributed by atoms with Crippen LogP contribution in [0.15, 0.2) is 47.6 Å². The number of anilines is 1. The summed E-state index contributed by atoms with van der Waals surface area (Å²) in [6.07, 6.45) is -4.07. The Morgan fingerprint density at radius 2 is 1.93 bits per heavy atom. The van der Waals surface area contributed by atoms with E-state index in [1.165, 1.54) is 23.1 Å². The lowest BCUT2D eigenvalue weighted by atomic mass is 10.1. The highest BCUT2D eigenvalue weighted by molar-refractivity contribution is 6.54. The van der Waals surface area contributed by atoms with E-state index in [4.69, 9.17) is 28.0 Å². The van der Waals surface area contributed by atoms with Crippen molar-refractivity contribution in [1.29, 1.82) is 0 Å². The topological polar surface area (TPSA) is 59.0 Å². The van der Waals surface area contributed by atoms with E-state index in [2.05, 4.69) is 5.16 Å². The molecule has 2 aromatic rings. The Balaban J connectivity index is 1.90. The first-order valence-corrected chi connectivity index (χ1v) is 9.73. The Bertz CT molecular complexity index is 1010. The van der Waals surface area contributed by atoms with Gasteiger partial charge in [-0.15, -0.1) is 11.6 Å². The van der Waals surface area contributed by atoms with Crippen LogP contribution in [0.1, 0.15) is 29.5 Å². The van der Waals surface area contributed by atoms with E-state index in [1.54, 1.807) is 12.1 Å². The van der Waals surface area contributed by atoms with Gasteiger partial charge in [0.25, 0.3) is 5.91 Å². The molecule has 0 unspecified atom stereocenters. The van der Waals surface area contributed by atoms with E-state index < -0.39 is 23.6 Å². The van der Waals surface area contributed by atoms with Crippen LogP contribution in [-0.2, 0) is 27.1 Å². The summed E-state index contributed by atoms with van der Waals surface area (Å²) < 4.78 is 39.0. The number of benzene rings is 2. The van der Waals surface area contributed by atoms with Crippen LogP contribution in [0.3, 0.4) is 0 Å². The second kappa shape index (κ2) is 9.06. The van der Waals surface area contributed by atoms with Crippen molar-refractivity contribution in [2.45, 2.75) is 25.6 Å². The van der Waals surface area contributed by atoms with Crippen LogP contribution in [-0.4, -0.2) is 23.5 Å². The number of carbonyl (C=O) groups is 2. The fourth-order valence-corrected chi connectivity index (χ4v) is 3.22. The molecular weight excluding hydrogens is 444 g/mol. The van der Waals surface area contributed by atoms with Gasteiger partial charge in [0.2, 0.25) is 0 Å². The van der Waals surface area contributed by atoms with Crippen LogP contribution in [0.2, 0.25) is 5.02 Å². The first-order chi connectivity index (χ1) is 14.2. The number of oxime groups is 1. The van der Waals surface area contributed by atoms with E-state index in [-0.39, 0.29) is 30.1 Å². The van der Waals surface area contributed by atoms with Crippen molar-refractivity contribution in [2.24, 2.45) is 5.16 Å². The number of hydrogen-bond donors (Lipinski definition) is 0. The summed E-state index contributed by atoms with van der Waals surface area (Å²) in [7, 11) is 0. The van der Waals surface area contributed by atoms with E-state index in [0.29, 0.717) is 22.7 Å². The van der Waals surface area contributed by atoms with Crippen molar-refractivity contribution in [3.05, 3.63) is 64.2 Å². The maximum absolute atomic E-state index is 13.0. The second-order valence-electron chi connectivity index (χ2n) is 6.45. The smallest absolute Gasteiger partial charge is 0.317 e. The Morgan fingerprint density at radius 3 is 2.63 bits per heavy atom. The number of hydrogen-bond acceptors (Lipinski definition) is 4. The third kappa shape index (κ3) is 4.94. The van der Waals surface area contributed by atoms with Crippen LogP contribution in [0.5, 0.6) is 0 Å². The van der Waals surface area contributed by atoms with Gasteiger partial charge in [0, 0.05) is 22.9 Å². The minimum atomic E-state index is -4.50. The van der Waals surface area contributed by atoms with Gasteiger partial charge in [-0.25, -0.2) is 4.79 Å². The molecule has 0 aromatic heterocycles. The molecule has 5 nitrogen and oxygen atoms in total. The number of carbonyl (C=O) groups excluding carboxylic acids is 2. The first-order valence-electron chi connectivity index (χ1n) is 8.82. The zero-order valence-electron chi connectivity index (χ0n) is 15.4. The highest BCUT2D eigenvalue weighted by atomic mass is 35.5. The summed E-state index contributed by atoms with van der Waals surface area (Å²) in [5.41, 5.74) is 0.0326. The number of nitrogens with zero attached hydrogens (tertiary/aromatic N) is 2. The summed E-state index contributed by atoms with van der Waals surface area (Å²) in [5.74, 6) is -1.00. The molecule has 0 N–H and O–H groups in total. The van der Waals surface area contributed by atoms with Crippen molar-refractivity contribution < 1.29 is 27.6 Å². The molecule has 0 fully saturated rings. The molecule has 1 amide bonds. The van der Waals surface area contributed by atoms with Gasteiger partial charge in [0.15, 0.2) is 5.71 Å². The third-order valence-corrected chi connectivity index (χ3v) is 4.80. The molecule has 0 saturated heterocycles. The molecule has 158 valence electrons. The molecule has 0 aliphatic carbocycles. The summed E-state index contributed by atoms with van der Waals surface area (Å²) >= 11 is 11.5. The molecular formula is C20H15Cl2F3N2O3. The standard InChI is InChI=1S/C20H15Cl2F3N2O3/c21-8-2-5-17(28)30-26-18-15-10-14(22)6-7-16(15)27(19(18)29)11-12-3-1-4-13(9-12)20(23,24)25/h1,3-4,6-7,9-10H,2,5,8,11H2/b26-18-. The highest BCUT2D eigenvalue weighted by Gasteiger charge is 2.36. The SMILES string of the molecule is O=C(CCCCl)O/N=C1\C(=O)N(Cc2cccc(C(F)(F)F)c2)c2ccc(Cl)cc21. The van der Waals surface area contributed by atoms with Gasteiger partial charge in [-0.3, -0.25) is 4.79 Å². The molecule has 0 atom stereocenters. The molecule has 1 heterocycles. The number of alkyl halides is 4. The average molecular weight is 459 g/mol. The molecule has 0 saturated carbocycles. The van der Waals surface area contributed by atoms with E-state index in [0.717, 1.165) is 12.1 Å². The Labute approximate surface area is 180 Å². The zero-order chi connectivity index (χ0) is 21.9. The zero-order valence-corrected chi connectivity index (χ0v) is 16.9. The Hall–Kier alpha value is -2.58. The average Bonchev–Trinajstić information content (AvgIpc) is 2.95. The van der Waals surface area contributed by atoms with Crippen molar-refractivity contribution in [3.63, 3.8) is 0 Å². The summed E-state index contributed by atoms with van der Waals surface area (Å²) in [4.78, 5) is 30.7. The number of amides is 1. The van der Waals surface area contributed by atoms with Crippen LogP contribution < -0.4 is 4.90 Å². The molecule has 1 aliphatic heterocycles. The van der Waals surface area contributed by atoms with Gasteiger partial charge in [-0.1, -0.05) is 28.9 Å². The second-order valence-corrected chi connectivity index (χ2v) is 7.26. The van der Waals surface area contributed by atoms with Crippen molar-refractivity contribution in [2.75, 3.05) is 10.8 Å². The van der Waals surface area contributed by atoms with Crippen LogP contribution in [0.25, 0.3) is 0 Å². The molecule has 0 spiro atoms. The minimum Gasteiger partial charge on any atom is -0.317 e. The van der Waals surface area contributed by atoms with Gasteiger partial charge in [-0.2, -0.15) is 13.2 Å². The van der Waals surface area contributed by atoms with Crippen LogP contribution in [0.4, 0.5) is 18.9 Å². The molecule has 0 radical (unpaired) electrons. The lowest BCUT2D eigenvalue weighted by molar-refractivity contribution is -0.143. The Kier molecular flexibility index (Phi) is 6.67. The van der Waals surface area contributed by atoms with E-state index in [1.807, 2.05) is 0 Å². The third-order valence-electron chi connectivity index (χ3n) is 4.30. The molecule has 30 heavy (non-hydrogen) atoms. The monoisotopic (exact) mass is 458 g/mol. The van der Waals surface area contributed by atoms with Crippen molar-refractivity contribution in [3.8, 4) is 0 Å². The molecule has 1 aliphatic rings. The Morgan fingerprint density at radius 1 is 1.17 bits per heavy atom. The molecule has 2 aromatic carbocycles. The van der Waals surface area contributed by atoms with Gasteiger partial charge >= 0.3 is 12.1 Å². The van der Waals surface area contributed by atoms with Gasteiger partial charge in [0.1, 0.15) is 0 Å².